The number of carbonyl (C=O) groups is 1. The normalized spacial score (nSPS) is 20.3. The molecular weight excluding hydrogens is 316 g/mol. The molecule has 6 nitrogen and oxygen atoms in total. The number of aromatic nitrogens is 2. The summed E-state index contributed by atoms with van der Waals surface area (Å²) in [7, 11) is 0. The first kappa shape index (κ1) is 18.2. The maximum absolute atomic E-state index is 12.5. The van der Waals surface area contributed by atoms with Crippen LogP contribution in [0.2, 0.25) is 0 Å². The van der Waals surface area contributed by atoms with Gasteiger partial charge in [0.05, 0.1) is 0 Å². The molecule has 1 saturated heterocycles. The van der Waals surface area contributed by atoms with Crippen LogP contribution in [-0.4, -0.2) is 46.6 Å². The van der Waals surface area contributed by atoms with Crippen LogP contribution >= 0.6 is 12.4 Å². The Morgan fingerprint density at radius 2 is 2.22 bits per heavy atom. The van der Waals surface area contributed by atoms with Crippen molar-refractivity contribution in [2.24, 2.45) is 0 Å². The number of rotatable bonds is 8. The highest BCUT2D eigenvalue weighted by molar-refractivity contribution is 5.85. The molecule has 0 spiro atoms. The standard InChI is InChI=1S/C16H26N4O2.ClH/c1-2-10-20(13-8-9-17-11-13)15(21)5-3-4-14-18-16(19-22-14)12-6-7-12;/h12-13,17H,2-11H2,1H3;1H. The molecule has 3 rings (SSSR count). The number of carbonyl (C=O) groups excluding carboxylic acids is 1. The number of halogens is 1. The average molecular weight is 343 g/mol. The lowest BCUT2D eigenvalue weighted by Gasteiger charge is -2.28. The van der Waals surface area contributed by atoms with Crippen molar-refractivity contribution in [3.63, 3.8) is 0 Å². The van der Waals surface area contributed by atoms with Crippen LogP contribution in [0.4, 0.5) is 0 Å². The quantitative estimate of drug-likeness (QED) is 0.784. The van der Waals surface area contributed by atoms with Gasteiger partial charge in [-0.25, -0.2) is 0 Å². The smallest absolute Gasteiger partial charge is 0.226 e. The molecule has 0 aromatic carbocycles. The monoisotopic (exact) mass is 342 g/mol. The fourth-order valence-corrected chi connectivity index (χ4v) is 3.07. The predicted octanol–water partition coefficient (Wildman–Crippen LogP) is 2.29. The molecular formula is C16H27ClN4O2. The second-order valence-electron chi connectivity index (χ2n) is 6.41. The van der Waals surface area contributed by atoms with Crippen LogP contribution in [0.15, 0.2) is 4.52 Å². The molecule has 0 radical (unpaired) electrons. The van der Waals surface area contributed by atoms with Crippen molar-refractivity contribution in [3.8, 4) is 0 Å². The Labute approximate surface area is 143 Å². The Morgan fingerprint density at radius 3 is 2.87 bits per heavy atom. The summed E-state index contributed by atoms with van der Waals surface area (Å²) in [6, 6.07) is 0.373. The summed E-state index contributed by atoms with van der Waals surface area (Å²) >= 11 is 0. The molecule has 1 amide bonds. The van der Waals surface area contributed by atoms with Gasteiger partial charge < -0.3 is 14.7 Å². The third-order valence-electron chi connectivity index (χ3n) is 4.47. The van der Waals surface area contributed by atoms with Gasteiger partial charge in [0, 0.05) is 37.9 Å². The van der Waals surface area contributed by atoms with Gasteiger partial charge in [-0.3, -0.25) is 4.79 Å². The zero-order valence-corrected chi connectivity index (χ0v) is 14.6. The molecule has 7 heteroatoms. The average Bonchev–Trinajstić information content (AvgIpc) is 3.03. The van der Waals surface area contributed by atoms with Crippen LogP contribution in [0.3, 0.4) is 0 Å². The van der Waals surface area contributed by atoms with Gasteiger partial charge in [-0.15, -0.1) is 12.4 Å². The molecule has 1 aliphatic carbocycles. The molecule has 23 heavy (non-hydrogen) atoms. The summed E-state index contributed by atoms with van der Waals surface area (Å²) in [6.07, 6.45) is 6.49. The van der Waals surface area contributed by atoms with Crippen molar-refractivity contribution in [2.45, 2.75) is 63.8 Å². The molecule has 2 aliphatic rings. The number of amides is 1. The third-order valence-corrected chi connectivity index (χ3v) is 4.47. The molecule has 2 fully saturated rings. The summed E-state index contributed by atoms with van der Waals surface area (Å²) in [5, 5.41) is 7.35. The zero-order valence-electron chi connectivity index (χ0n) is 13.8. The molecule has 1 atom stereocenters. The van der Waals surface area contributed by atoms with Crippen molar-refractivity contribution in [1.29, 1.82) is 0 Å². The van der Waals surface area contributed by atoms with Gasteiger partial charge in [0.2, 0.25) is 11.8 Å². The topological polar surface area (TPSA) is 71.3 Å². The molecule has 1 unspecified atom stereocenters. The van der Waals surface area contributed by atoms with Crippen LogP contribution in [0.25, 0.3) is 0 Å². The Kier molecular flexibility index (Phi) is 6.84. The first-order valence-electron chi connectivity index (χ1n) is 8.60. The lowest BCUT2D eigenvalue weighted by Crippen LogP contribution is -2.42. The van der Waals surface area contributed by atoms with Gasteiger partial charge in [-0.05, 0) is 38.6 Å². The Bertz CT molecular complexity index is 498. The Hall–Kier alpha value is -1.14. The first-order chi connectivity index (χ1) is 10.8. The van der Waals surface area contributed by atoms with Gasteiger partial charge in [0.15, 0.2) is 5.82 Å². The van der Waals surface area contributed by atoms with E-state index in [-0.39, 0.29) is 18.3 Å². The molecule has 1 saturated carbocycles. The minimum absolute atomic E-state index is 0. The van der Waals surface area contributed by atoms with Gasteiger partial charge >= 0.3 is 0 Å². The van der Waals surface area contributed by atoms with E-state index in [0.29, 0.717) is 30.7 Å². The molecule has 1 N–H and O–H groups in total. The van der Waals surface area contributed by atoms with Crippen LogP contribution in [0, 0.1) is 0 Å². The zero-order chi connectivity index (χ0) is 15.4. The van der Waals surface area contributed by atoms with Gasteiger partial charge in [0.25, 0.3) is 0 Å². The van der Waals surface area contributed by atoms with Crippen LogP contribution in [0.1, 0.15) is 63.1 Å². The molecule has 0 bridgehead atoms. The molecule has 130 valence electrons. The highest BCUT2D eigenvalue weighted by Crippen LogP contribution is 2.38. The van der Waals surface area contributed by atoms with Crippen molar-refractivity contribution in [3.05, 3.63) is 11.7 Å². The largest absolute Gasteiger partial charge is 0.339 e. The number of aryl methyl sites for hydroxylation is 1. The van der Waals surface area contributed by atoms with Gasteiger partial charge in [-0.1, -0.05) is 12.1 Å². The van der Waals surface area contributed by atoms with Crippen molar-refractivity contribution < 1.29 is 9.32 Å². The van der Waals surface area contributed by atoms with Crippen molar-refractivity contribution in [1.82, 2.24) is 20.4 Å². The fourth-order valence-electron chi connectivity index (χ4n) is 3.07. The molecule has 1 aliphatic heterocycles. The number of hydrogen-bond acceptors (Lipinski definition) is 5. The lowest BCUT2D eigenvalue weighted by atomic mass is 10.1. The summed E-state index contributed by atoms with van der Waals surface area (Å²) in [6.45, 7) is 4.93. The summed E-state index contributed by atoms with van der Waals surface area (Å²) < 4.78 is 5.26. The third kappa shape index (κ3) is 4.91. The second-order valence-corrected chi connectivity index (χ2v) is 6.41. The summed E-state index contributed by atoms with van der Waals surface area (Å²) in [5.41, 5.74) is 0. The van der Waals surface area contributed by atoms with E-state index in [0.717, 1.165) is 44.7 Å². The molecule has 1 aromatic heterocycles. The van der Waals surface area contributed by atoms with E-state index in [2.05, 4.69) is 27.3 Å². The van der Waals surface area contributed by atoms with E-state index in [9.17, 15) is 4.79 Å². The Balaban J connectivity index is 0.00000192. The Morgan fingerprint density at radius 1 is 1.39 bits per heavy atom. The van der Waals surface area contributed by atoms with E-state index in [1.54, 1.807) is 0 Å². The highest BCUT2D eigenvalue weighted by atomic mass is 35.5. The number of hydrogen-bond donors (Lipinski definition) is 1. The van der Waals surface area contributed by atoms with Crippen LogP contribution < -0.4 is 5.32 Å². The van der Waals surface area contributed by atoms with Crippen molar-refractivity contribution in [2.75, 3.05) is 19.6 Å². The van der Waals surface area contributed by atoms with E-state index >= 15 is 0 Å². The van der Waals surface area contributed by atoms with E-state index < -0.39 is 0 Å². The maximum atomic E-state index is 12.5. The number of nitrogens with one attached hydrogen (secondary N) is 1. The highest BCUT2D eigenvalue weighted by Gasteiger charge is 2.29. The van der Waals surface area contributed by atoms with E-state index in [1.807, 2.05) is 0 Å². The summed E-state index contributed by atoms with van der Waals surface area (Å²) in [5.74, 6) is 2.32. The number of nitrogens with zero attached hydrogens (tertiary/aromatic N) is 3. The van der Waals surface area contributed by atoms with Gasteiger partial charge in [-0.2, -0.15) is 4.98 Å². The minimum atomic E-state index is 0. The maximum Gasteiger partial charge on any atom is 0.226 e. The lowest BCUT2D eigenvalue weighted by molar-refractivity contribution is -0.133. The van der Waals surface area contributed by atoms with Gasteiger partial charge in [0.1, 0.15) is 0 Å². The molecule has 2 heterocycles. The van der Waals surface area contributed by atoms with E-state index in [1.165, 1.54) is 12.8 Å². The molecule has 1 aromatic rings. The predicted molar refractivity (Wildman–Crippen MR) is 89.7 cm³/mol. The van der Waals surface area contributed by atoms with Crippen molar-refractivity contribution >= 4 is 18.3 Å². The fraction of sp³-hybridized carbons (Fsp3) is 0.812. The SMILES string of the molecule is CCCN(C(=O)CCCc1nc(C2CC2)no1)C1CCNC1.Cl. The van der Waals surface area contributed by atoms with Crippen LogP contribution in [0.5, 0.6) is 0 Å². The summed E-state index contributed by atoms with van der Waals surface area (Å²) in [4.78, 5) is 18.9. The minimum Gasteiger partial charge on any atom is -0.339 e. The second kappa shape index (κ2) is 8.64. The van der Waals surface area contributed by atoms with E-state index in [4.69, 9.17) is 4.52 Å². The first-order valence-corrected chi connectivity index (χ1v) is 8.60. The van der Waals surface area contributed by atoms with Crippen LogP contribution in [-0.2, 0) is 11.2 Å².